The summed E-state index contributed by atoms with van der Waals surface area (Å²) < 4.78 is 0. The Hall–Kier alpha value is -1.80. The smallest absolute Gasteiger partial charge is 0.255 e. The first-order valence-corrected chi connectivity index (χ1v) is 6.50. The highest BCUT2D eigenvalue weighted by molar-refractivity contribution is 6.30. The minimum atomic E-state index is -0.0945. The van der Waals surface area contributed by atoms with Crippen LogP contribution in [0.1, 0.15) is 27.0 Å². The lowest BCUT2D eigenvalue weighted by Crippen LogP contribution is -2.14. The molecule has 0 aliphatic carbocycles. The summed E-state index contributed by atoms with van der Waals surface area (Å²) in [6.45, 7) is 5.87. The fraction of sp³-hybridized carbons (Fsp3) is 0.188. The van der Waals surface area contributed by atoms with Crippen molar-refractivity contribution in [1.29, 1.82) is 0 Å². The number of aryl methyl sites for hydroxylation is 3. The molecule has 0 spiro atoms. The number of anilines is 1. The Bertz CT molecular complexity index is 635. The van der Waals surface area contributed by atoms with E-state index in [0.717, 1.165) is 22.4 Å². The Morgan fingerprint density at radius 3 is 2.37 bits per heavy atom. The molecule has 98 valence electrons. The molecule has 0 unspecified atom stereocenters. The maximum absolute atomic E-state index is 12.2. The Labute approximate surface area is 118 Å². The molecular weight excluding hydrogens is 258 g/mol. The normalized spacial score (nSPS) is 10.3. The number of rotatable bonds is 2. The standard InChI is InChI=1S/C16H16ClNO/c1-10-4-6-14(11(2)8-10)16(19)18-15-7-5-13(17)9-12(15)3/h4-9H,1-3H3,(H,18,19). The average molecular weight is 274 g/mol. The number of carbonyl (C=O) groups is 1. The van der Waals surface area contributed by atoms with Gasteiger partial charge in [-0.25, -0.2) is 0 Å². The molecule has 0 saturated heterocycles. The molecule has 0 saturated carbocycles. The molecule has 0 heterocycles. The Morgan fingerprint density at radius 1 is 1.00 bits per heavy atom. The fourth-order valence-corrected chi connectivity index (χ4v) is 2.25. The van der Waals surface area contributed by atoms with Crippen molar-refractivity contribution in [2.75, 3.05) is 5.32 Å². The predicted molar refractivity (Wildman–Crippen MR) is 80.1 cm³/mol. The molecule has 2 rings (SSSR count). The highest BCUT2D eigenvalue weighted by Gasteiger charge is 2.10. The highest BCUT2D eigenvalue weighted by Crippen LogP contribution is 2.21. The van der Waals surface area contributed by atoms with Gasteiger partial charge in [0.15, 0.2) is 0 Å². The number of hydrogen-bond acceptors (Lipinski definition) is 1. The molecule has 19 heavy (non-hydrogen) atoms. The summed E-state index contributed by atoms with van der Waals surface area (Å²) in [5, 5.41) is 3.58. The lowest BCUT2D eigenvalue weighted by atomic mass is 10.0. The minimum absolute atomic E-state index is 0.0945. The molecule has 0 fully saturated rings. The Morgan fingerprint density at radius 2 is 1.74 bits per heavy atom. The molecule has 0 radical (unpaired) electrons. The zero-order valence-electron chi connectivity index (χ0n) is 11.3. The third-order valence-electron chi connectivity index (χ3n) is 3.06. The summed E-state index contributed by atoms with van der Waals surface area (Å²) in [5.74, 6) is -0.0945. The number of halogens is 1. The molecule has 0 bridgehead atoms. The van der Waals surface area contributed by atoms with Crippen LogP contribution in [0.4, 0.5) is 5.69 Å². The van der Waals surface area contributed by atoms with Crippen LogP contribution < -0.4 is 5.32 Å². The van der Waals surface area contributed by atoms with Crippen LogP contribution in [-0.2, 0) is 0 Å². The average Bonchev–Trinajstić information content (AvgIpc) is 2.32. The van der Waals surface area contributed by atoms with Gasteiger partial charge in [-0.15, -0.1) is 0 Å². The van der Waals surface area contributed by atoms with Gasteiger partial charge in [0.1, 0.15) is 0 Å². The van der Waals surface area contributed by atoms with Crippen LogP contribution in [-0.4, -0.2) is 5.91 Å². The van der Waals surface area contributed by atoms with Gasteiger partial charge < -0.3 is 5.32 Å². The summed E-state index contributed by atoms with van der Waals surface area (Å²) in [6, 6.07) is 11.2. The van der Waals surface area contributed by atoms with Crippen LogP contribution in [0.25, 0.3) is 0 Å². The maximum atomic E-state index is 12.2. The first kappa shape index (κ1) is 13.6. The summed E-state index contributed by atoms with van der Waals surface area (Å²) in [7, 11) is 0. The van der Waals surface area contributed by atoms with E-state index in [9.17, 15) is 4.79 Å². The first-order valence-electron chi connectivity index (χ1n) is 6.12. The molecule has 1 amide bonds. The first-order chi connectivity index (χ1) is 8.97. The summed E-state index contributed by atoms with van der Waals surface area (Å²) in [5.41, 5.74) is 4.56. The predicted octanol–water partition coefficient (Wildman–Crippen LogP) is 4.52. The van der Waals surface area contributed by atoms with Crippen LogP contribution in [0, 0.1) is 20.8 Å². The van der Waals surface area contributed by atoms with Gasteiger partial charge in [-0.05, 0) is 56.2 Å². The lowest BCUT2D eigenvalue weighted by Gasteiger charge is -2.10. The number of benzene rings is 2. The molecule has 3 heteroatoms. The monoisotopic (exact) mass is 273 g/mol. The second-order valence-corrected chi connectivity index (χ2v) is 5.17. The Kier molecular flexibility index (Phi) is 3.91. The van der Waals surface area contributed by atoms with Gasteiger partial charge in [0, 0.05) is 16.3 Å². The SMILES string of the molecule is Cc1ccc(C(=O)Nc2ccc(Cl)cc2C)c(C)c1. The molecule has 2 nitrogen and oxygen atoms in total. The zero-order valence-corrected chi connectivity index (χ0v) is 12.0. The molecule has 2 aromatic rings. The van der Waals surface area contributed by atoms with Gasteiger partial charge in [0.2, 0.25) is 0 Å². The summed E-state index contributed by atoms with van der Waals surface area (Å²) >= 11 is 5.90. The van der Waals surface area contributed by atoms with E-state index in [4.69, 9.17) is 11.6 Å². The molecule has 2 aromatic carbocycles. The van der Waals surface area contributed by atoms with Crippen molar-refractivity contribution in [2.24, 2.45) is 0 Å². The number of hydrogen-bond donors (Lipinski definition) is 1. The zero-order chi connectivity index (χ0) is 14.0. The third-order valence-corrected chi connectivity index (χ3v) is 3.30. The molecular formula is C16H16ClNO. The summed E-state index contributed by atoms with van der Waals surface area (Å²) in [4.78, 5) is 12.2. The van der Waals surface area contributed by atoms with Gasteiger partial charge >= 0.3 is 0 Å². The highest BCUT2D eigenvalue weighted by atomic mass is 35.5. The van der Waals surface area contributed by atoms with Crippen molar-refractivity contribution in [3.05, 3.63) is 63.7 Å². The quantitative estimate of drug-likeness (QED) is 0.856. The topological polar surface area (TPSA) is 29.1 Å². The van der Waals surface area contributed by atoms with E-state index in [1.807, 2.05) is 51.1 Å². The van der Waals surface area contributed by atoms with E-state index in [0.29, 0.717) is 10.6 Å². The van der Waals surface area contributed by atoms with Gasteiger partial charge in [-0.2, -0.15) is 0 Å². The number of amides is 1. The van der Waals surface area contributed by atoms with E-state index in [1.165, 1.54) is 0 Å². The van der Waals surface area contributed by atoms with Crippen LogP contribution >= 0.6 is 11.6 Å². The van der Waals surface area contributed by atoms with E-state index >= 15 is 0 Å². The van der Waals surface area contributed by atoms with E-state index < -0.39 is 0 Å². The second-order valence-electron chi connectivity index (χ2n) is 4.73. The Balaban J connectivity index is 2.25. The lowest BCUT2D eigenvalue weighted by molar-refractivity contribution is 0.102. The van der Waals surface area contributed by atoms with Crippen molar-refractivity contribution in [1.82, 2.24) is 0 Å². The van der Waals surface area contributed by atoms with Crippen molar-refractivity contribution in [2.45, 2.75) is 20.8 Å². The molecule has 0 aromatic heterocycles. The van der Waals surface area contributed by atoms with Crippen LogP contribution in [0.5, 0.6) is 0 Å². The van der Waals surface area contributed by atoms with Crippen molar-refractivity contribution in [3.63, 3.8) is 0 Å². The van der Waals surface area contributed by atoms with E-state index in [-0.39, 0.29) is 5.91 Å². The minimum Gasteiger partial charge on any atom is -0.322 e. The van der Waals surface area contributed by atoms with Crippen molar-refractivity contribution in [3.8, 4) is 0 Å². The van der Waals surface area contributed by atoms with Crippen molar-refractivity contribution < 1.29 is 4.79 Å². The summed E-state index contributed by atoms with van der Waals surface area (Å²) in [6.07, 6.45) is 0. The number of carbonyl (C=O) groups excluding carboxylic acids is 1. The van der Waals surface area contributed by atoms with Gasteiger partial charge in [-0.3, -0.25) is 4.79 Å². The van der Waals surface area contributed by atoms with Crippen LogP contribution in [0.15, 0.2) is 36.4 Å². The fourth-order valence-electron chi connectivity index (χ4n) is 2.03. The molecule has 0 aliphatic heterocycles. The van der Waals surface area contributed by atoms with Gasteiger partial charge in [0.05, 0.1) is 0 Å². The molecule has 0 aliphatic rings. The molecule has 0 atom stereocenters. The van der Waals surface area contributed by atoms with E-state index in [1.54, 1.807) is 6.07 Å². The van der Waals surface area contributed by atoms with Crippen LogP contribution in [0.3, 0.4) is 0 Å². The van der Waals surface area contributed by atoms with Gasteiger partial charge in [0.25, 0.3) is 5.91 Å². The molecule has 1 N–H and O–H groups in total. The van der Waals surface area contributed by atoms with Crippen molar-refractivity contribution >= 4 is 23.2 Å². The number of nitrogens with one attached hydrogen (secondary N) is 1. The largest absolute Gasteiger partial charge is 0.322 e. The third kappa shape index (κ3) is 3.15. The van der Waals surface area contributed by atoms with Crippen LogP contribution in [0.2, 0.25) is 5.02 Å². The maximum Gasteiger partial charge on any atom is 0.255 e. The van der Waals surface area contributed by atoms with Gasteiger partial charge in [-0.1, -0.05) is 29.3 Å². The second kappa shape index (κ2) is 5.45. The van der Waals surface area contributed by atoms with E-state index in [2.05, 4.69) is 5.32 Å².